The molecule has 7 N–H and O–H groups in total. The molecule has 0 unspecified atom stereocenters. The van der Waals surface area contributed by atoms with Gasteiger partial charge in [0, 0.05) is 13.3 Å². The van der Waals surface area contributed by atoms with Crippen molar-refractivity contribution in [1.82, 2.24) is 5.32 Å². The van der Waals surface area contributed by atoms with Crippen LogP contribution in [0.3, 0.4) is 0 Å². The maximum absolute atomic E-state index is 11.0. The Kier molecular flexibility index (Phi) is 12.8. The van der Waals surface area contributed by atoms with Gasteiger partial charge in [0.1, 0.15) is 18.3 Å². The second-order valence-corrected chi connectivity index (χ2v) is 4.46. The quantitative estimate of drug-likeness (QED) is 0.157. The molecule has 0 aromatic carbocycles. The van der Waals surface area contributed by atoms with Crippen LogP contribution in [0.15, 0.2) is 0 Å². The molecule has 124 valence electrons. The van der Waals surface area contributed by atoms with E-state index in [1.54, 1.807) is 0 Å². The summed E-state index contributed by atoms with van der Waals surface area (Å²) in [7, 11) is 0. The number of hydrogen-bond acceptors (Lipinski definition) is 8. The third kappa shape index (κ3) is 8.06. The zero-order valence-electron chi connectivity index (χ0n) is 13.2. The zero-order chi connectivity index (χ0) is 16.7. The normalized spacial score (nSPS) is 17.4. The van der Waals surface area contributed by atoms with Gasteiger partial charge in [0.25, 0.3) is 0 Å². The molecule has 0 radical (unpaired) electrons. The number of carbonyl (C=O) groups is 3. The van der Waals surface area contributed by atoms with E-state index in [2.05, 4.69) is 0 Å². The van der Waals surface area contributed by atoms with Gasteiger partial charge >= 0.3 is 57.4 Å². The Morgan fingerprint density at radius 1 is 1.05 bits per heavy atom. The molecular weight excluding hydrogens is 329 g/mol. The van der Waals surface area contributed by atoms with Crippen molar-refractivity contribution in [2.75, 3.05) is 6.61 Å². The molecule has 1 amide bonds. The van der Waals surface area contributed by atoms with Crippen LogP contribution in [0.25, 0.3) is 0 Å². The van der Waals surface area contributed by atoms with E-state index in [-0.39, 0.29) is 52.8 Å². The second kappa shape index (κ2) is 11.6. The first-order chi connectivity index (χ1) is 9.61. The van der Waals surface area contributed by atoms with Crippen LogP contribution in [0.5, 0.6) is 0 Å². The molecule has 22 heavy (non-hydrogen) atoms. The minimum absolute atomic E-state index is 0. The Morgan fingerprint density at radius 2 is 1.55 bits per heavy atom. The van der Waals surface area contributed by atoms with Gasteiger partial charge < -0.3 is 37.4 Å². The summed E-state index contributed by atoms with van der Waals surface area (Å²) in [6.07, 6.45) is -8.35. The number of aliphatic hydroxyl groups is 5. The molecule has 0 aliphatic rings. The van der Waals surface area contributed by atoms with Gasteiger partial charge in [-0.1, -0.05) is 0 Å². The molecule has 0 aliphatic heterocycles. The van der Waals surface area contributed by atoms with E-state index in [0.29, 0.717) is 0 Å². The molecule has 0 saturated carbocycles. The van der Waals surface area contributed by atoms with Gasteiger partial charge in [-0.15, -0.1) is 0 Å². The molecular formula is C11H20KNO9. The van der Waals surface area contributed by atoms with Crippen LogP contribution in [0, 0.1) is 0 Å². The van der Waals surface area contributed by atoms with Crippen molar-refractivity contribution in [2.24, 2.45) is 0 Å². The molecule has 5 atom stereocenters. The van der Waals surface area contributed by atoms with Gasteiger partial charge in [0.05, 0.1) is 18.8 Å². The number of carbonyl (C=O) groups excluding carboxylic acids is 2. The maximum atomic E-state index is 11.0. The van der Waals surface area contributed by atoms with E-state index in [1.165, 1.54) is 0 Å². The largest absolute Gasteiger partial charge is 1.00 e. The van der Waals surface area contributed by atoms with Crippen molar-refractivity contribution < 1.29 is 97.8 Å². The van der Waals surface area contributed by atoms with Gasteiger partial charge in [-0.3, -0.25) is 9.59 Å². The zero-order valence-corrected chi connectivity index (χ0v) is 15.3. The SMILES string of the molecule is CC(=O)N[C@@H]([C@@H](O)[C@H](O)[C@H](O)CO)[C@@H](O)CC(=O)C(=O)O.[H-].[K+]. The topological polar surface area (TPSA) is 185 Å². The minimum Gasteiger partial charge on any atom is -1.00 e. The van der Waals surface area contributed by atoms with Crippen LogP contribution < -0.4 is 56.7 Å². The molecule has 0 rings (SSSR count). The predicted octanol–water partition coefficient (Wildman–Crippen LogP) is -6.91. The van der Waals surface area contributed by atoms with E-state index in [0.717, 1.165) is 6.92 Å². The number of ketones is 1. The Balaban J connectivity index is -0.00000200. The molecule has 0 saturated heterocycles. The average Bonchev–Trinajstić information content (AvgIpc) is 2.41. The molecule has 0 aliphatic carbocycles. The maximum Gasteiger partial charge on any atom is 1.00 e. The van der Waals surface area contributed by atoms with Gasteiger partial charge in [-0.25, -0.2) is 4.79 Å². The second-order valence-electron chi connectivity index (χ2n) is 4.46. The molecule has 0 aromatic heterocycles. The van der Waals surface area contributed by atoms with Gasteiger partial charge in [-0.05, 0) is 0 Å². The van der Waals surface area contributed by atoms with Crippen LogP contribution in [0.4, 0.5) is 0 Å². The Labute approximate surface area is 170 Å². The van der Waals surface area contributed by atoms with Crippen molar-refractivity contribution in [1.29, 1.82) is 0 Å². The van der Waals surface area contributed by atoms with Crippen molar-refractivity contribution in [3.05, 3.63) is 0 Å². The number of rotatable bonds is 9. The molecule has 0 heterocycles. The molecule has 0 spiro atoms. The first-order valence-corrected chi connectivity index (χ1v) is 5.98. The summed E-state index contributed by atoms with van der Waals surface area (Å²) in [5.74, 6) is -3.89. The van der Waals surface area contributed by atoms with Crippen molar-refractivity contribution in [3.8, 4) is 0 Å². The number of aliphatic carboxylic acids is 1. The van der Waals surface area contributed by atoms with Crippen LogP contribution in [-0.4, -0.2) is 85.4 Å². The number of carboxylic acid groups (broad SMARTS) is 1. The van der Waals surface area contributed by atoms with Crippen molar-refractivity contribution >= 4 is 17.7 Å². The van der Waals surface area contributed by atoms with E-state index in [1.807, 2.05) is 5.32 Å². The van der Waals surface area contributed by atoms with Gasteiger partial charge in [0.15, 0.2) is 0 Å². The monoisotopic (exact) mass is 349 g/mol. The fourth-order valence-corrected chi connectivity index (χ4v) is 1.60. The number of aliphatic hydroxyl groups excluding tert-OH is 5. The number of hydrogen-bond donors (Lipinski definition) is 7. The Hall–Kier alpha value is 0.0464. The van der Waals surface area contributed by atoms with E-state index in [9.17, 15) is 34.8 Å². The summed E-state index contributed by atoms with van der Waals surface area (Å²) in [5, 5.41) is 57.4. The number of carboxylic acids is 1. The van der Waals surface area contributed by atoms with Crippen LogP contribution in [-0.2, 0) is 14.4 Å². The number of nitrogens with one attached hydrogen (secondary N) is 1. The summed E-state index contributed by atoms with van der Waals surface area (Å²) in [5.41, 5.74) is 0. The Bertz CT molecular complexity index is 398. The van der Waals surface area contributed by atoms with Gasteiger partial charge in [0.2, 0.25) is 11.7 Å². The summed E-state index contributed by atoms with van der Waals surface area (Å²) in [4.78, 5) is 32.4. The van der Waals surface area contributed by atoms with Gasteiger partial charge in [-0.2, -0.15) is 0 Å². The number of Topliss-reactive ketones (excluding diaryl/α,β-unsaturated/α-hetero) is 1. The standard InChI is InChI=1S/C11H19NO9.K.H/c1-4(14)12-8(5(15)2-6(16)11(20)21)10(19)9(18)7(17)3-13;;/h5,7-10,13,15,17-19H,2-3H2,1H3,(H,12,14)(H,20,21);;/q;+1;-1/t5-,7+,8+,9+,10+;;/m0../s1. The third-order valence-corrected chi connectivity index (χ3v) is 2.72. The average molecular weight is 349 g/mol. The number of amides is 1. The van der Waals surface area contributed by atoms with Crippen molar-refractivity contribution in [3.63, 3.8) is 0 Å². The first kappa shape index (κ1) is 24.3. The fraction of sp³-hybridized carbons (Fsp3) is 0.727. The van der Waals surface area contributed by atoms with Crippen LogP contribution in [0.2, 0.25) is 0 Å². The fourth-order valence-electron chi connectivity index (χ4n) is 1.60. The summed E-state index contributed by atoms with van der Waals surface area (Å²) in [6, 6.07) is -1.61. The summed E-state index contributed by atoms with van der Waals surface area (Å²) < 4.78 is 0. The van der Waals surface area contributed by atoms with Crippen molar-refractivity contribution in [2.45, 2.75) is 43.8 Å². The van der Waals surface area contributed by atoms with Crippen LogP contribution in [0.1, 0.15) is 14.8 Å². The predicted molar refractivity (Wildman–Crippen MR) is 67.1 cm³/mol. The molecule has 10 nitrogen and oxygen atoms in total. The first-order valence-electron chi connectivity index (χ1n) is 5.98. The summed E-state index contributed by atoms with van der Waals surface area (Å²) in [6.45, 7) is 0.134. The molecule has 11 heteroatoms. The van der Waals surface area contributed by atoms with E-state index in [4.69, 9.17) is 10.2 Å². The molecule has 0 fully saturated rings. The minimum atomic E-state index is -1.94. The van der Waals surface area contributed by atoms with E-state index < -0.39 is 61.1 Å². The smallest absolute Gasteiger partial charge is 1.00 e. The molecule has 0 bridgehead atoms. The summed E-state index contributed by atoms with van der Waals surface area (Å²) >= 11 is 0. The van der Waals surface area contributed by atoms with E-state index >= 15 is 0 Å². The Morgan fingerprint density at radius 3 is 1.91 bits per heavy atom. The molecule has 0 aromatic rings. The van der Waals surface area contributed by atoms with Crippen LogP contribution >= 0.6 is 0 Å². The third-order valence-electron chi connectivity index (χ3n) is 2.72.